The van der Waals surface area contributed by atoms with Crippen molar-refractivity contribution in [3.8, 4) is 0 Å². The molecule has 1 saturated heterocycles. The smallest absolute Gasteiger partial charge is 0.253 e. The third-order valence-electron chi connectivity index (χ3n) is 3.24. The molecule has 1 aliphatic heterocycles. The van der Waals surface area contributed by atoms with E-state index >= 15 is 0 Å². The monoisotopic (exact) mass is 259 g/mol. The highest BCUT2D eigenvalue weighted by Crippen LogP contribution is 2.11. The second kappa shape index (κ2) is 6.13. The molecule has 19 heavy (non-hydrogen) atoms. The number of pyridine rings is 1. The van der Waals surface area contributed by atoms with Crippen LogP contribution in [0.1, 0.15) is 23.2 Å². The first kappa shape index (κ1) is 13.3. The van der Waals surface area contributed by atoms with E-state index in [9.17, 15) is 9.59 Å². The van der Waals surface area contributed by atoms with Gasteiger partial charge >= 0.3 is 0 Å². The fourth-order valence-electron chi connectivity index (χ4n) is 2.14. The summed E-state index contributed by atoms with van der Waals surface area (Å²) in [6.45, 7) is 4.79. The lowest BCUT2D eigenvalue weighted by Crippen LogP contribution is -2.46. The van der Waals surface area contributed by atoms with E-state index in [4.69, 9.17) is 0 Å². The summed E-state index contributed by atoms with van der Waals surface area (Å²) < 4.78 is 0. The Bertz CT molecular complexity index is 465. The molecule has 100 valence electrons. The van der Waals surface area contributed by atoms with Crippen LogP contribution in [0.25, 0.3) is 0 Å². The van der Waals surface area contributed by atoms with E-state index in [-0.39, 0.29) is 17.9 Å². The van der Waals surface area contributed by atoms with Crippen molar-refractivity contribution in [1.82, 2.24) is 15.2 Å². The molecule has 0 radical (unpaired) electrons. The average molecular weight is 259 g/mol. The number of likely N-dealkylation sites (tertiary alicyclic amines) is 1. The van der Waals surface area contributed by atoms with Crippen molar-refractivity contribution in [2.75, 3.05) is 13.1 Å². The van der Waals surface area contributed by atoms with Crippen LogP contribution < -0.4 is 5.32 Å². The molecule has 0 aromatic carbocycles. The van der Waals surface area contributed by atoms with Crippen LogP contribution in [-0.4, -0.2) is 40.8 Å². The van der Waals surface area contributed by atoms with Crippen molar-refractivity contribution in [1.29, 1.82) is 0 Å². The molecule has 2 rings (SSSR count). The minimum atomic E-state index is -0.110. The van der Waals surface area contributed by atoms with E-state index in [1.54, 1.807) is 29.4 Å². The molecule has 1 aromatic rings. The first-order valence-corrected chi connectivity index (χ1v) is 6.33. The number of hydrogen-bond donors (Lipinski definition) is 1. The molecule has 0 spiro atoms. The van der Waals surface area contributed by atoms with Crippen molar-refractivity contribution in [2.45, 2.75) is 18.9 Å². The first-order chi connectivity index (χ1) is 9.20. The van der Waals surface area contributed by atoms with Crippen LogP contribution in [0.3, 0.4) is 0 Å². The maximum atomic E-state index is 11.9. The van der Waals surface area contributed by atoms with E-state index in [0.717, 1.165) is 12.8 Å². The second-order valence-electron chi connectivity index (χ2n) is 4.52. The first-order valence-electron chi connectivity index (χ1n) is 6.33. The number of hydrogen-bond acceptors (Lipinski definition) is 3. The number of aromatic nitrogens is 1. The highest BCUT2D eigenvalue weighted by molar-refractivity contribution is 5.94. The zero-order valence-corrected chi connectivity index (χ0v) is 10.7. The minimum Gasteiger partial charge on any atom is -0.349 e. The molecule has 2 heterocycles. The van der Waals surface area contributed by atoms with Gasteiger partial charge in [-0.1, -0.05) is 6.58 Å². The summed E-state index contributed by atoms with van der Waals surface area (Å²) in [5.74, 6) is -0.154. The van der Waals surface area contributed by atoms with Gasteiger partial charge in [-0.05, 0) is 31.1 Å². The van der Waals surface area contributed by atoms with Crippen LogP contribution in [0, 0.1) is 0 Å². The van der Waals surface area contributed by atoms with Crippen LogP contribution in [0.2, 0.25) is 0 Å². The summed E-state index contributed by atoms with van der Waals surface area (Å²) in [6, 6.07) is 3.58. The molecule has 5 nitrogen and oxygen atoms in total. The number of carbonyl (C=O) groups is 2. The Kier molecular flexibility index (Phi) is 4.28. The molecular weight excluding hydrogens is 242 g/mol. The topological polar surface area (TPSA) is 62.3 Å². The number of rotatable bonds is 3. The standard InChI is InChI=1S/C14H17N3O2/c1-2-13(18)17-8-5-12(6-9-17)16-14(19)11-4-3-7-15-10-11/h2-4,7,10,12H,1,5-6,8-9H2,(H,16,19). The van der Waals surface area contributed by atoms with Crippen molar-refractivity contribution in [3.05, 3.63) is 42.7 Å². The van der Waals surface area contributed by atoms with Gasteiger partial charge in [-0.15, -0.1) is 0 Å². The number of amides is 2. The second-order valence-corrected chi connectivity index (χ2v) is 4.52. The minimum absolute atomic E-state index is 0.0444. The van der Waals surface area contributed by atoms with E-state index in [1.165, 1.54) is 6.08 Å². The van der Waals surface area contributed by atoms with Crippen LogP contribution in [0.4, 0.5) is 0 Å². The predicted octanol–water partition coefficient (Wildman–Crippen LogP) is 0.988. The molecule has 1 aliphatic rings. The Balaban J connectivity index is 1.84. The molecule has 1 N–H and O–H groups in total. The van der Waals surface area contributed by atoms with Gasteiger partial charge in [0.25, 0.3) is 5.91 Å². The molecule has 1 fully saturated rings. The quantitative estimate of drug-likeness (QED) is 0.823. The molecule has 0 bridgehead atoms. The van der Waals surface area contributed by atoms with E-state index < -0.39 is 0 Å². The SMILES string of the molecule is C=CC(=O)N1CCC(NC(=O)c2cccnc2)CC1. The average Bonchev–Trinajstić information content (AvgIpc) is 2.48. The largest absolute Gasteiger partial charge is 0.349 e. The van der Waals surface area contributed by atoms with Gasteiger partial charge in [-0.25, -0.2) is 0 Å². The van der Waals surface area contributed by atoms with Crippen LogP contribution in [0.15, 0.2) is 37.2 Å². The lowest BCUT2D eigenvalue weighted by atomic mass is 10.0. The molecule has 1 aromatic heterocycles. The third-order valence-corrected chi connectivity index (χ3v) is 3.24. The van der Waals surface area contributed by atoms with Crippen LogP contribution >= 0.6 is 0 Å². The van der Waals surface area contributed by atoms with E-state index in [2.05, 4.69) is 16.9 Å². The van der Waals surface area contributed by atoms with Crippen molar-refractivity contribution in [3.63, 3.8) is 0 Å². The lowest BCUT2D eigenvalue weighted by Gasteiger charge is -2.31. The summed E-state index contributed by atoms with van der Waals surface area (Å²) in [5.41, 5.74) is 0.562. The number of carbonyl (C=O) groups excluding carboxylic acids is 2. The fourth-order valence-corrected chi connectivity index (χ4v) is 2.14. The van der Waals surface area contributed by atoms with Crippen molar-refractivity contribution < 1.29 is 9.59 Å². The molecule has 2 amide bonds. The Morgan fingerprint density at radius 1 is 1.42 bits per heavy atom. The lowest BCUT2D eigenvalue weighted by molar-refractivity contribution is -0.127. The maximum Gasteiger partial charge on any atom is 0.253 e. The van der Waals surface area contributed by atoms with Gasteiger partial charge in [0.2, 0.25) is 5.91 Å². The van der Waals surface area contributed by atoms with Gasteiger partial charge < -0.3 is 10.2 Å². The molecule has 0 atom stereocenters. The van der Waals surface area contributed by atoms with E-state index in [0.29, 0.717) is 18.7 Å². The predicted molar refractivity (Wildman–Crippen MR) is 71.5 cm³/mol. The maximum absolute atomic E-state index is 11.9. The Labute approximate surface area is 112 Å². The normalized spacial score (nSPS) is 15.9. The molecule has 0 unspecified atom stereocenters. The zero-order chi connectivity index (χ0) is 13.7. The summed E-state index contributed by atoms with van der Waals surface area (Å²) in [4.78, 5) is 29.0. The number of nitrogens with zero attached hydrogens (tertiary/aromatic N) is 2. The van der Waals surface area contributed by atoms with Gasteiger partial charge in [-0.2, -0.15) is 0 Å². The van der Waals surface area contributed by atoms with E-state index in [1.807, 2.05) is 0 Å². The van der Waals surface area contributed by atoms with Crippen molar-refractivity contribution >= 4 is 11.8 Å². The summed E-state index contributed by atoms with van der Waals surface area (Å²) in [5, 5.41) is 2.97. The summed E-state index contributed by atoms with van der Waals surface area (Å²) in [7, 11) is 0. The van der Waals surface area contributed by atoms with Gasteiger partial charge in [0.15, 0.2) is 0 Å². The Morgan fingerprint density at radius 3 is 2.74 bits per heavy atom. The number of nitrogens with one attached hydrogen (secondary N) is 1. The van der Waals surface area contributed by atoms with Crippen molar-refractivity contribution in [2.24, 2.45) is 0 Å². The highest BCUT2D eigenvalue weighted by Gasteiger charge is 2.22. The summed E-state index contributed by atoms with van der Waals surface area (Å²) >= 11 is 0. The number of piperidine rings is 1. The van der Waals surface area contributed by atoms with Gasteiger partial charge in [-0.3, -0.25) is 14.6 Å². The van der Waals surface area contributed by atoms with Gasteiger partial charge in [0, 0.05) is 31.5 Å². The molecular formula is C14H17N3O2. The van der Waals surface area contributed by atoms with Crippen LogP contribution in [-0.2, 0) is 4.79 Å². The third kappa shape index (κ3) is 3.40. The fraction of sp³-hybridized carbons (Fsp3) is 0.357. The summed E-state index contributed by atoms with van der Waals surface area (Å²) in [6.07, 6.45) is 6.05. The zero-order valence-electron chi connectivity index (χ0n) is 10.7. The van der Waals surface area contributed by atoms with Gasteiger partial charge in [0.1, 0.15) is 0 Å². The molecule has 5 heteroatoms. The van der Waals surface area contributed by atoms with Gasteiger partial charge in [0.05, 0.1) is 5.56 Å². The van der Waals surface area contributed by atoms with Crippen LogP contribution in [0.5, 0.6) is 0 Å². The molecule has 0 aliphatic carbocycles. The molecule has 0 saturated carbocycles. The highest BCUT2D eigenvalue weighted by atomic mass is 16.2. The Morgan fingerprint density at radius 2 is 2.16 bits per heavy atom. The Hall–Kier alpha value is -2.17.